The lowest BCUT2D eigenvalue weighted by molar-refractivity contribution is -0.131. The monoisotopic (exact) mass is 417 g/mol. The number of hydrogen-bond donors (Lipinski definition) is 0. The van der Waals surface area contributed by atoms with Gasteiger partial charge in [0.05, 0.1) is 18.2 Å². The van der Waals surface area contributed by atoms with E-state index in [2.05, 4.69) is 9.84 Å². The van der Waals surface area contributed by atoms with E-state index in [0.29, 0.717) is 16.6 Å². The highest BCUT2D eigenvalue weighted by Gasteiger charge is 2.16. The second-order valence-corrected chi connectivity index (χ2v) is 6.71. The predicted octanol–water partition coefficient (Wildman–Crippen LogP) is 2.97. The van der Waals surface area contributed by atoms with Crippen molar-refractivity contribution < 1.29 is 23.0 Å². The third-order valence-electron chi connectivity index (χ3n) is 4.63. The lowest BCUT2D eigenvalue weighted by Crippen LogP contribution is -2.35. The molecule has 0 N–H and O–H groups in total. The molecule has 9 heteroatoms. The standard InChI is InChI=1S/C21H21F2N3O4/c1-13-15-6-4-5-7-16(15)20(28)26(24-13)12-19(27)25(2)11-14-8-9-17(30-21(22)23)18(10-14)29-3/h4-10,21H,11-12H2,1-3H3. The number of carbonyl (C=O) groups is 1. The van der Waals surface area contributed by atoms with Gasteiger partial charge in [-0.05, 0) is 30.7 Å². The number of amides is 1. The van der Waals surface area contributed by atoms with E-state index in [9.17, 15) is 18.4 Å². The van der Waals surface area contributed by atoms with Gasteiger partial charge in [0.15, 0.2) is 11.5 Å². The second-order valence-electron chi connectivity index (χ2n) is 6.71. The van der Waals surface area contributed by atoms with Crippen molar-refractivity contribution in [2.75, 3.05) is 14.2 Å². The molecule has 1 amide bonds. The van der Waals surface area contributed by atoms with Crippen LogP contribution >= 0.6 is 0 Å². The van der Waals surface area contributed by atoms with Crippen molar-refractivity contribution in [3.05, 3.63) is 64.1 Å². The first-order valence-corrected chi connectivity index (χ1v) is 9.12. The van der Waals surface area contributed by atoms with Gasteiger partial charge in [-0.15, -0.1) is 0 Å². The van der Waals surface area contributed by atoms with E-state index in [1.165, 1.54) is 24.1 Å². The summed E-state index contributed by atoms with van der Waals surface area (Å²) in [6, 6.07) is 11.5. The Morgan fingerprint density at radius 3 is 2.53 bits per heavy atom. The average molecular weight is 417 g/mol. The molecule has 1 heterocycles. The fourth-order valence-corrected chi connectivity index (χ4v) is 3.13. The first-order valence-electron chi connectivity index (χ1n) is 9.12. The van der Waals surface area contributed by atoms with E-state index in [4.69, 9.17) is 4.74 Å². The van der Waals surface area contributed by atoms with Crippen molar-refractivity contribution in [2.24, 2.45) is 0 Å². The average Bonchev–Trinajstić information content (AvgIpc) is 2.72. The van der Waals surface area contributed by atoms with Crippen molar-refractivity contribution in [3.63, 3.8) is 0 Å². The first-order chi connectivity index (χ1) is 14.3. The number of likely N-dealkylation sites (N-methyl/N-ethyl adjacent to an activating group) is 1. The maximum absolute atomic E-state index is 12.7. The van der Waals surface area contributed by atoms with Gasteiger partial charge in [0.1, 0.15) is 6.54 Å². The molecule has 3 rings (SSSR count). The Balaban J connectivity index is 1.76. The molecule has 0 radical (unpaired) electrons. The van der Waals surface area contributed by atoms with Crippen LogP contribution in [0.3, 0.4) is 0 Å². The van der Waals surface area contributed by atoms with Gasteiger partial charge in [-0.25, -0.2) is 4.68 Å². The molecule has 0 spiro atoms. The smallest absolute Gasteiger partial charge is 0.387 e. The molecule has 0 saturated heterocycles. The van der Waals surface area contributed by atoms with Crippen LogP contribution in [-0.2, 0) is 17.9 Å². The molecule has 0 bridgehead atoms. The maximum atomic E-state index is 12.7. The van der Waals surface area contributed by atoms with E-state index in [1.54, 1.807) is 32.2 Å². The van der Waals surface area contributed by atoms with E-state index >= 15 is 0 Å². The molecule has 0 aliphatic heterocycles. The van der Waals surface area contributed by atoms with Gasteiger partial charge in [0.2, 0.25) is 5.91 Å². The summed E-state index contributed by atoms with van der Waals surface area (Å²) in [5.41, 5.74) is 0.965. The zero-order valence-electron chi connectivity index (χ0n) is 16.8. The Morgan fingerprint density at radius 2 is 1.87 bits per heavy atom. The summed E-state index contributed by atoms with van der Waals surface area (Å²) in [6.45, 7) is -1.22. The number of fused-ring (bicyclic) bond motifs is 1. The topological polar surface area (TPSA) is 73.7 Å². The number of ether oxygens (including phenoxy) is 2. The number of benzene rings is 2. The number of alkyl halides is 2. The second kappa shape index (κ2) is 8.89. The molecule has 3 aromatic rings. The molecular formula is C21H21F2N3O4. The first kappa shape index (κ1) is 21.2. The van der Waals surface area contributed by atoms with Crippen molar-refractivity contribution in [3.8, 4) is 11.5 Å². The number of aromatic nitrogens is 2. The number of halogens is 2. The van der Waals surface area contributed by atoms with Gasteiger partial charge in [-0.3, -0.25) is 9.59 Å². The van der Waals surface area contributed by atoms with E-state index in [-0.39, 0.29) is 36.1 Å². The summed E-state index contributed by atoms with van der Waals surface area (Å²) in [5.74, 6) is -0.282. The highest BCUT2D eigenvalue weighted by molar-refractivity contribution is 5.83. The zero-order valence-corrected chi connectivity index (χ0v) is 16.8. The lowest BCUT2D eigenvalue weighted by atomic mass is 10.1. The van der Waals surface area contributed by atoms with Gasteiger partial charge in [-0.2, -0.15) is 13.9 Å². The molecule has 2 aromatic carbocycles. The quantitative estimate of drug-likeness (QED) is 0.591. The minimum Gasteiger partial charge on any atom is -0.493 e. The minimum absolute atomic E-state index is 0.0902. The van der Waals surface area contributed by atoms with Gasteiger partial charge in [0.25, 0.3) is 5.56 Å². The Bertz CT molecular complexity index is 1130. The summed E-state index contributed by atoms with van der Waals surface area (Å²) < 4.78 is 35.5. The third-order valence-corrected chi connectivity index (χ3v) is 4.63. The molecule has 0 aliphatic rings. The molecule has 158 valence electrons. The van der Waals surface area contributed by atoms with Crippen LogP contribution in [0.5, 0.6) is 11.5 Å². The molecule has 0 saturated carbocycles. The number of aryl methyl sites for hydroxylation is 1. The van der Waals surface area contributed by atoms with Crippen molar-refractivity contribution in [1.82, 2.24) is 14.7 Å². The largest absolute Gasteiger partial charge is 0.493 e. The fraction of sp³-hybridized carbons (Fsp3) is 0.286. The predicted molar refractivity (Wildman–Crippen MR) is 107 cm³/mol. The van der Waals surface area contributed by atoms with Crippen LogP contribution in [0.25, 0.3) is 10.8 Å². The van der Waals surface area contributed by atoms with E-state index in [0.717, 1.165) is 10.1 Å². The fourth-order valence-electron chi connectivity index (χ4n) is 3.13. The van der Waals surface area contributed by atoms with Crippen LogP contribution in [0.1, 0.15) is 11.3 Å². The SMILES string of the molecule is COc1cc(CN(C)C(=O)Cn2nc(C)c3ccccc3c2=O)ccc1OC(F)F. The van der Waals surface area contributed by atoms with Crippen molar-refractivity contribution >= 4 is 16.7 Å². The molecule has 0 aliphatic carbocycles. The zero-order chi connectivity index (χ0) is 21.8. The van der Waals surface area contributed by atoms with Gasteiger partial charge < -0.3 is 14.4 Å². The van der Waals surface area contributed by atoms with E-state index in [1.807, 2.05) is 12.1 Å². The maximum Gasteiger partial charge on any atom is 0.387 e. The van der Waals surface area contributed by atoms with Crippen LogP contribution in [0.2, 0.25) is 0 Å². The molecular weight excluding hydrogens is 396 g/mol. The third kappa shape index (κ3) is 4.56. The van der Waals surface area contributed by atoms with Crippen LogP contribution < -0.4 is 15.0 Å². The molecule has 0 unspecified atom stereocenters. The highest BCUT2D eigenvalue weighted by atomic mass is 19.3. The number of carbonyl (C=O) groups excluding carboxylic acids is 1. The number of methoxy groups -OCH3 is 1. The summed E-state index contributed by atoms with van der Waals surface area (Å²) >= 11 is 0. The van der Waals surface area contributed by atoms with Crippen LogP contribution in [-0.4, -0.2) is 41.4 Å². The highest BCUT2D eigenvalue weighted by Crippen LogP contribution is 2.29. The van der Waals surface area contributed by atoms with Gasteiger partial charge in [-0.1, -0.05) is 24.3 Å². The Hall–Kier alpha value is -3.49. The van der Waals surface area contributed by atoms with E-state index < -0.39 is 6.61 Å². The Morgan fingerprint density at radius 1 is 1.17 bits per heavy atom. The summed E-state index contributed by atoms with van der Waals surface area (Å²) in [6.07, 6.45) is 0. The van der Waals surface area contributed by atoms with Gasteiger partial charge in [0, 0.05) is 19.0 Å². The van der Waals surface area contributed by atoms with Crippen LogP contribution in [0, 0.1) is 6.92 Å². The van der Waals surface area contributed by atoms with Crippen LogP contribution in [0.4, 0.5) is 8.78 Å². The lowest BCUT2D eigenvalue weighted by Gasteiger charge is -2.19. The summed E-state index contributed by atoms with van der Waals surface area (Å²) in [4.78, 5) is 26.7. The number of hydrogen-bond acceptors (Lipinski definition) is 5. The summed E-state index contributed by atoms with van der Waals surface area (Å²) in [5, 5.41) is 5.49. The Kier molecular flexibility index (Phi) is 6.29. The summed E-state index contributed by atoms with van der Waals surface area (Å²) in [7, 11) is 2.92. The number of nitrogens with zero attached hydrogens (tertiary/aromatic N) is 3. The molecule has 30 heavy (non-hydrogen) atoms. The molecule has 0 atom stereocenters. The van der Waals surface area contributed by atoms with Gasteiger partial charge >= 0.3 is 6.61 Å². The normalized spacial score (nSPS) is 11.0. The van der Waals surface area contributed by atoms with Crippen molar-refractivity contribution in [2.45, 2.75) is 26.6 Å². The molecule has 1 aromatic heterocycles. The van der Waals surface area contributed by atoms with Crippen LogP contribution in [0.15, 0.2) is 47.3 Å². The Labute approximate surface area is 171 Å². The molecule has 7 nitrogen and oxygen atoms in total. The van der Waals surface area contributed by atoms with Crippen molar-refractivity contribution in [1.29, 1.82) is 0 Å². The minimum atomic E-state index is -2.97. The molecule has 0 fully saturated rings. The number of rotatable bonds is 7.